The van der Waals surface area contributed by atoms with Crippen LogP contribution in [0.5, 0.6) is 0 Å². The molecule has 2 rings (SSSR count). The molecule has 0 saturated carbocycles. The average Bonchev–Trinajstić information content (AvgIpc) is 2.48. The van der Waals surface area contributed by atoms with Gasteiger partial charge in [-0.2, -0.15) is 0 Å². The summed E-state index contributed by atoms with van der Waals surface area (Å²) in [5.41, 5.74) is 10.5. The molecule has 1 aliphatic heterocycles. The largest absolute Gasteiger partial charge is 0.371 e. The number of rotatable bonds is 3. The number of azide groups is 1. The minimum Gasteiger partial charge on any atom is -0.371 e. The van der Waals surface area contributed by atoms with Crippen molar-refractivity contribution in [3.05, 3.63) is 40.3 Å². The second-order valence-electron chi connectivity index (χ2n) is 4.57. The van der Waals surface area contributed by atoms with Gasteiger partial charge in [0.15, 0.2) is 0 Å². The lowest BCUT2D eigenvalue weighted by molar-refractivity contribution is 0.577. The van der Waals surface area contributed by atoms with Crippen molar-refractivity contribution < 1.29 is 0 Å². The molecule has 1 aromatic rings. The zero-order chi connectivity index (χ0) is 13.3. The highest BCUT2D eigenvalue weighted by Gasteiger charge is 2.12. The molecule has 1 aromatic carbocycles. The molecule has 0 aliphatic carbocycles. The van der Waals surface area contributed by atoms with Crippen LogP contribution in [0.4, 0.5) is 5.69 Å². The fraction of sp³-hybridized carbons (Fsp3) is 0.467. The highest BCUT2D eigenvalue weighted by Crippen LogP contribution is 2.23. The molecule has 0 radical (unpaired) electrons. The predicted octanol–water partition coefficient (Wildman–Crippen LogP) is 3.73. The Morgan fingerprint density at radius 1 is 1.21 bits per heavy atom. The van der Waals surface area contributed by atoms with Crippen molar-refractivity contribution in [1.29, 1.82) is 0 Å². The number of nitrogens with zero attached hydrogens (tertiary/aromatic N) is 4. The van der Waals surface area contributed by atoms with Crippen molar-refractivity contribution in [3.8, 4) is 11.8 Å². The molecule has 1 heterocycles. The van der Waals surface area contributed by atoms with Gasteiger partial charge in [0.1, 0.15) is 0 Å². The molecule has 0 N–H and O–H groups in total. The summed E-state index contributed by atoms with van der Waals surface area (Å²) in [6.07, 6.45) is 4.46. The first kappa shape index (κ1) is 13.3. The van der Waals surface area contributed by atoms with Gasteiger partial charge < -0.3 is 4.90 Å². The van der Waals surface area contributed by atoms with E-state index < -0.39 is 0 Å². The molecular weight excluding hydrogens is 236 g/mol. The summed E-state index contributed by atoms with van der Waals surface area (Å²) in [6, 6.07) is 8.28. The van der Waals surface area contributed by atoms with Gasteiger partial charge in [0, 0.05) is 36.5 Å². The van der Waals surface area contributed by atoms with Gasteiger partial charge in [-0.05, 0) is 36.9 Å². The Hall–Kier alpha value is -2.11. The normalized spacial score (nSPS) is 14.2. The van der Waals surface area contributed by atoms with Crippen LogP contribution in [0.15, 0.2) is 29.4 Å². The lowest BCUT2D eigenvalue weighted by Crippen LogP contribution is -2.29. The summed E-state index contributed by atoms with van der Waals surface area (Å²) in [4.78, 5) is 5.14. The fourth-order valence-electron chi connectivity index (χ4n) is 2.30. The van der Waals surface area contributed by atoms with E-state index in [-0.39, 0.29) is 0 Å². The van der Waals surface area contributed by atoms with Crippen LogP contribution in [0.1, 0.15) is 31.2 Å². The van der Waals surface area contributed by atoms with Crippen LogP contribution < -0.4 is 4.90 Å². The third kappa shape index (κ3) is 3.94. The van der Waals surface area contributed by atoms with Crippen LogP contribution >= 0.6 is 0 Å². The van der Waals surface area contributed by atoms with E-state index in [9.17, 15) is 0 Å². The van der Waals surface area contributed by atoms with E-state index >= 15 is 0 Å². The summed E-state index contributed by atoms with van der Waals surface area (Å²) in [7, 11) is 0. The van der Waals surface area contributed by atoms with Gasteiger partial charge >= 0.3 is 0 Å². The lowest BCUT2D eigenvalue weighted by Gasteiger charge is -2.29. The van der Waals surface area contributed by atoms with E-state index in [0.717, 1.165) is 18.7 Å². The molecule has 1 aliphatic rings. The van der Waals surface area contributed by atoms with E-state index in [0.29, 0.717) is 13.0 Å². The maximum absolute atomic E-state index is 8.20. The first-order valence-electron chi connectivity index (χ1n) is 6.75. The quantitative estimate of drug-likeness (QED) is 0.266. The van der Waals surface area contributed by atoms with Gasteiger partial charge in [-0.3, -0.25) is 0 Å². The monoisotopic (exact) mass is 254 g/mol. The molecule has 0 bridgehead atoms. The van der Waals surface area contributed by atoms with Crippen molar-refractivity contribution in [2.75, 3.05) is 24.5 Å². The lowest BCUT2D eigenvalue weighted by atomic mass is 10.1. The molecule has 0 unspecified atom stereocenters. The van der Waals surface area contributed by atoms with E-state index in [1.807, 2.05) is 6.07 Å². The Balaban J connectivity index is 2.09. The Kier molecular flexibility index (Phi) is 5.16. The highest BCUT2D eigenvalue weighted by molar-refractivity contribution is 5.60. The third-order valence-electron chi connectivity index (χ3n) is 3.22. The van der Waals surface area contributed by atoms with Crippen LogP contribution in [0.3, 0.4) is 0 Å². The molecule has 98 valence electrons. The summed E-state index contributed by atoms with van der Waals surface area (Å²) in [5, 5.41) is 3.48. The maximum Gasteiger partial charge on any atom is 0.0525 e. The number of hydrogen-bond acceptors (Lipinski definition) is 2. The Bertz CT molecular complexity index is 514. The van der Waals surface area contributed by atoms with Crippen molar-refractivity contribution >= 4 is 5.69 Å². The first-order chi connectivity index (χ1) is 9.42. The molecule has 0 atom stereocenters. The van der Waals surface area contributed by atoms with Gasteiger partial charge in [0.25, 0.3) is 0 Å². The summed E-state index contributed by atoms with van der Waals surface area (Å²) in [6.45, 7) is 2.68. The van der Waals surface area contributed by atoms with E-state index in [1.165, 1.54) is 24.9 Å². The fourth-order valence-corrected chi connectivity index (χ4v) is 2.30. The standard InChI is InChI=1S/C15H18N4/c16-18-17-11-5-4-9-14-8-2-3-10-15(14)19-12-6-1-7-13-19/h2-3,8,10H,1,5-7,11-13H2. The number of para-hydroxylation sites is 1. The molecule has 4 heteroatoms. The molecule has 0 amide bonds. The molecular formula is C15H18N4. The van der Waals surface area contributed by atoms with E-state index in [4.69, 9.17) is 5.53 Å². The van der Waals surface area contributed by atoms with Crippen molar-refractivity contribution in [3.63, 3.8) is 0 Å². The number of anilines is 1. The first-order valence-corrected chi connectivity index (χ1v) is 6.75. The average molecular weight is 254 g/mol. The second kappa shape index (κ2) is 7.35. The van der Waals surface area contributed by atoms with Crippen LogP contribution in [0, 0.1) is 11.8 Å². The zero-order valence-electron chi connectivity index (χ0n) is 11.0. The third-order valence-corrected chi connectivity index (χ3v) is 3.22. The van der Waals surface area contributed by atoms with Crippen LogP contribution in [0.25, 0.3) is 10.4 Å². The Labute approximate surface area is 114 Å². The molecule has 19 heavy (non-hydrogen) atoms. The summed E-state index contributed by atoms with van der Waals surface area (Å²) < 4.78 is 0. The number of piperidine rings is 1. The van der Waals surface area contributed by atoms with Gasteiger partial charge in [-0.15, -0.1) is 0 Å². The summed E-state index contributed by atoms with van der Waals surface area (Å²) >= 11 is 0. The van der Waals surface area contributed by atoms with Gasteiger partial charge in [-0.25, -0.2) is 0 Å². The smallest absolute Gasteiger partial charge is 0.0525 e. The SMILES string of the molecule is [N-]=[N+]=NCCC#Cc1ccccc1N1CCCCC1. The molecule has 4 nitrogen and oxygen atoms in total. The minimum atomic E-state index is 0.440. The van der Waals surface area contributed by atoms with Gasteiger partial charge in [-0.1, -0.05) is 29.1 Å². The zero-order valence-corrected chi connectivity index (χ0v) is 11.0. The van der Waals surface area contributed by atoms with E-state index in [1.54, 1.807) is 0 Å². The molecule has 1 fully saturated rings. The van der Waals surface area contributed by atoms with Crippen molar-refractivity contribution in [1.82, 2.24) is 0 Å². The van der Waals surface area contributed by atoms with Gasteiger partial charge in [0.2, 0.25) is 0 Å². The number of benzene rings is 1. The molecule has 0 aromatic heterocycles. The molecule has 1 saturated heterocycles. The Morgan fingerprint density at radius 3 is 2.79 bits per heavy atom. The van der Waals surface area contributed by atoms with Gasteiger partial charge in [0.05, 0.1) is 5.69 Å². The highest BCUT2D eigenvalue weighted by atomic mass is 15.1. The van der Waals surface area contributed by atoms with E-state index in [2.05, 4.69) is 45.0 Å². The van der Waals surface area contributed by atoms with Crippen molar-refractivity contribution in [2.45, 2.75) is 25.7 Å². The second-order valence-corrected chi connectivity index (χ2v) is 4.57. The topological polar surface area (TPSA) is 52.0 Å². The predicted molar refractivity (Wildman–Crippen MR) is 78.0 cm³/mol. The molecule has 0 spiro atoms. The maximum atomic E-state index is 8.20. The number of hydrogen-bond donors (Lipinski definition) is 0. The van der Waals surface area contributed by atoms with Crippen molar-refractivity contribution in [2.24, 2.45) is 5.11 Å². The minimum absolute atomic E-state index is 0.440. The Morgan fingerprint density at radius 2 is 2.00 bits per heavy atom. The van der Waals surface area contributed by atoms with Crippen LogP contribution in [0.2, 0.25) is 0 Å². The van der Waals surface area contributed by atoms with Crippen LogP contribution in [-0.2, 0) is 0 Å². The van der Waals surface area contributed by atoms with Crippen LogP contribution in [-0.4, -0.2) is 19.6 Å². The summed E-state index contributed by atoms with van der Waals surface area (Å²) in [5.74, 6) is 6.27.